The van der Waals surface area contributed by atoms with Gasteiger partial charge in [-0.15, -0.1) is 0 Å². The van der Waals surface area contributed by atoms with Gasteiger partial charge in [0.1, 0.15) is 0 Å². The van der Waals surface area contributed by atoms with Gasteiger partial charge in [0, 0.05) is 5.56 Å². The first-order chi connectivity index (χ1) is 6.89. The van der Waals surface area contributed by atoms with Gasteiger partial charge >= 0.3 is 6.18 Å². The lowest BCUT2D eigenvalue weighted by Crippen LogP contribution is -2.08. The van der Waals surface area contributed by atoms with Gasteiger partial charge < -0.3 is 0 Å². The summed E-state index contributed by atoms with van der Waals surface area (Å²) in [5.41, 5.74) is 0.560. The summed E-state index contributed by atoms with van der Waals surface area (Å²) in [5.74, 6) is 4.40. The van der Waals surface area contributed by atoms with Crippen LogP contribution in [-0.4, -0.2) is 6.18 Å². The average Bonchev–Trinajstić information content (AvgIpc) is 2.15. The third-order valence-electron chi connectivity index (χ3n) is 1.75. The lowest BCUT2D eigenvalue weighted by molar-refractivity contribution is -0.0868. The third-order valence-corrected chi connectivity index (χ3v) is 1.75. The van der Waals surface area contributed by atoms with Crippen LogP contribution >= 0.6 is 0 Å². The molecular weight excluding hydrogens is 201 g/mol. The molecule has 0 aliphatic heterocycles. The molecule has 0 unspecified atom stereocenters. The molecular formula is C12H9F3. The van der Waals surface area contributed by atoms with Gasteiger partial charge in [-0.05, 0) is 19.1 Å². The number of benzene rings is 1. The quantitative estimate of drug-likeness (QED) is 0.575. The van der Waals surface area contributed by atoms with Gasteiger partial charge in [0.15, 0.2) is 0 Å². The van der Waals surface area contributed by atoms with Gasteiger partial charge in [0.05, 0.1) is 5.57 Å². The smallest absolute Gasteiger partial charge is 0.165 e. The number of aryl methyl sites for hydroxylation is 1. The molecule has 0 bridgehead atoms. The SMILES string of the molecule is C=C(C#Cc1ccc(C)cc1)C(F)(F)F. The summed E-state index contributed by atoms with van der Waals surface area (Å²) < 4.78 is 36.0. The fourth-order valence-electron chi connectivity index (χ4n) is 0.855. The van der Waals surface area contributed by atoms with Crippen molar-refractivity contribution in [2.75, 3.05) is 0 Å². The van der Waals surface area contributed by atoms with E-state index >= 15 is 0 Å². The number of allylic oxidation sites excluding steroid dienone is 1. The van der Waals surface area contributed by atoms with E-state index in [0.29, 0.717) is 5.56 Å². The molecule has 0 atom stereocenters. The van der Waals surface area contributed by atoms with Crippen LogP contribution in [0.25, 0.3) is 0 Å². The number of alkyl halides is 3. The Labute approximate surface area is 86.4 Å². The first-order valence-electron chi connectivity index (χ1n) is 4.24. The maximum Gasteiger partial charge on any atom is 0.423 e. The van der Waals surface area contributed by atoms with Gasteiger partial charge in [0.25, 0.3) is 0 Å². The maximum atomic E-state index is 12.0. The summed E-state index contributed by atoms with van der Waals surface area (Å²) in [6, 6.07) is 6.93. The molecule has 0 aromatic heterocycles. The number of hydrogen-bond donors (Lipinski definition) is 0. The van der Waals surface area contributed by atoms with E-state index in [-0.39, 0.29) is 0 Å². The molecule has 0 heterocycles. The van der Waals surface area contributed by atoms with Crippen LogP contribution < -0.4 is 0 Å². The first-order valence-corrected chi connectivity index (χ1v) is 4.24. The molecule has 0 N–H and O–H groups in total. The molecule has 0 nitrogen and oxygen atoms in total. The van der Waals surface area contributed by atoms with Gasteiger partial charge in [-0.25, -0.2) is 0 Å². The van der Waals surface area contributed by atoms with Crippen molar-refractivity contribution >= 4 is 0 Å². The second-order valence-electron chi connectivity index (χ2n) is 3.09. The molecule has 0 radical (unpaired) electrons. The second kappa shape index (κ2) is 4.22. The minimum absolute atomic E-state index is 0.547. The number of hydrogen-bond acceptors (Lipinski definition) is 0. The van der Waals surface area contributed by atoms with E-state index in [1.807, 2.05) is 12.8 Å². The molecule has 0 amide bonds. The Morgan fingerprint density at radius 2 is 1.73 bits per heavy atom. The largest absolute Gasteiger partial charge is 0.423 e. The summed E-state index contributed by atoms with van der Waals surface area (Å²) >= 11 is 0. The Hall–Kier alpha value is -1.69. The zero-order valence-electron chi connectivity index (χ0n) is 8.15. The van der Waals surface area contributed by atoms with E-state index in [1.54, 1.807) is 24.3 Å². The maximum absolute atomic E-state index is 12.0. The van der Waals surface area contributed by atoms with Crippen LogP contribution in [0.1, 0.15) is 11.1 Å². The van der Waals surface area contributed by atoms with Crippen LogP contribution in [0.3, 0.4) is 0 Å². The fourth-order valence-corrected chi connectivity index (χ4v) is 0.855. The van der Waals surface area contributed by atoms with Crippen LogP contribution in [0, 0.1) is 18.8 Å². The van der Waals surface area contributed by atoms with Crippen LogP contribution in [-0.2, 0) is 0 Å². The molecule has 78 valence electrons. The van der Waals surface area contributed by atoms with Crippen molar-refractivity contribution in [3.8, 4) is 11.8 Å². The summed E-state index contributed by atoms with van der Waals surface area (Å²) in [6.07, 6.45) is -4.43. The van der Waals surface area contributed by atoms with Gasteiger partial charge in [0.2, 0.25) is 0 Å². The Bertz CT molecular complexity index is 413. The van der Waals surface area contributed by atoms with Crippen LogP contribution in [0.2, 0.25) is 0 Å². The molecule has 0 saturated carbocycles. The van der Waals surface area contributed by atoms with E-state index in [1.165, 1.54) is 0 Å². The minimum atomic E-state index is -4.43. The van der Waals surface area contributed by atoms with Crippen molar-refractivity contribution in [1.29, 1.82) is 0 Å². The molecule has 0 aliphatic rings. The molecule has 1 aromatic carbocycles. The van der Waals surface area contributed by atoms with Crippen molar-refractivity contribution < 1.29 is 13.2 Å². The normalized spacial score (nSPS) is 10.4. The molecule has 0 fully saturated rings. The molecule has 3 heteroatoms. The van der Waals surface area contributed by atoms with E-state index in [4.69, 9.17) is 0 Å². The first kappa shape index (κ1) is 11.4. The molecule has 0 saturated heterocycles. The van der Waals surface area contributed by atoms with Crippen molar-refractivity contribution in [3.05, 3.63) is 47.5 Å². The Balaban J connectivity index is 2.83. The predicted molar refractivity (Wildman–Crippen MR) is 53.3 cm³/mol. The Kier molecular flexibility index (Phi) is 3.21. The molecule has 0 spiro atoms. The van der Waals surface area contributed by atoms with Crippen molar-refractivity contribution in [2.24, 2.45) is 0 Å². The fraction of sp³-hybridized carbons (Fsp3) is 0.167. The molecule has 1 rings (SSSR count). The van der Waals surface area contributed by atoms with Crippen LogP contribution in [0.4, 0.5) is 13.2 Å². The van der Waals surface area contributed by atoms with E-state index in [2.05, 4.69) is 12.5 Å². The highest BCUT2D eigenvalue weighted by Crippen LogP contribution is 2.23. The summed E-state index contributed by atoms with van der Waals surface area (Å²) in [6.45, 7) is 4.75. The predicted octanol–water partition coefficient (Wildman–Crippen LogP) is 3.47. The van der Waals surface area contributed by atoms with Crippen LogP contribution in [0.5, 0.6) is 0 Å². The van der Waals surface area contributed by atoms with Gasteiger partial charge in [-0.2, -0.15) is 13.2 Å². The average molecular weight is 210 g/mol. The molecule has 1 aromatic rings. The van der Waals surface area contributed by atoms with E-state index in [9.17, 15) is 13.2 Å². The summed E-state index contributed by atoms with van der Waals surface area (Å²) in [7, 11) is 0. The highest BCUT2D eigenvalue weighted by Gasteiger charge is 2.30. The van der Waals surface area contributed by atoms with Crippen LogP contribution in [0.15, 0.2) is 36.4 Å². The Morgan fingerprint density at radius 3 is 2.20 bits per heavy atom. The van der Waals surface area contributed by atoms with Gasteiger partial charge in [-0.1, -0.05) is 36.1 Å². The van der Waals surface area contributed by atoms with Crippen molar-refractivity contribution in [2.45, 2.75) is 13.1 Å². The van der Waals surface area contributed by atoms with Crippen molar-refractivity contribution in [1.82, 2.24) is 0 Å². The third kappa shape index (κ3) is 3.51. The minimum Gasteiger partial charge on any atom is -0.165 e. The lowest BCUT2D eigenvalue weighted by Gasteiger charge is -2.01. The topological polar surface area (TPSA) is 0 Å². The Morgan fingerprint density at radius 1 is 1.20 bits per heavy atom. The van der Waals surface area contributed by atoms with Crippen molar-refractivity contribution in [3.63, 3.8) is 0 Å². The zero-order valence-corrected chi connectivity index (χ0v) is 8.15. The summed E-state index contributed by atoms with van der Waals surface area (Å²) in [4.78, 5) is 0. The van der Waals surface area contributed by atoms with Gasteiger partial charge in [-0.3, -0.25) is 0 Å². The lowest BCUT2D eigenvalue weighted by atomic mass is 10.1. The highest BCUT2D eigenvalue weighted by atomic mass is 19.4. The molecule has 0 aliphatic carbocycles. The monoisotopic (exact) mass is 210 g/mol. The van der Waals surface area contributed by atoms with E-state index < -0.39 is 11.7 Å². The van der Waals surface area contributed by atoms with E-state index in [0.717, 1.165) is 5.56 Å². The number of rotatable bonds is 0. The standard InChI is InChI=1S/C12H9F3/c1-9-3-6-11(7-4-9)8-5-10(2)12(13,14)15/h3-4,6-7H,2H2,1H3. The second-order valence-corrected chi connectivity index (χ2v) is 3.09. The highest BCUT2D eigenvalue weighted by molar-refractivity contribution is 5.41. The summed E-state index contributed by atoms with van der Waals surface area (Å²) in [5, 5.41) is 0. The zero-order chi connectivity index (χ0) is 11.5. The number of halogens is 3. The molecule has 15 heavy (non-hydrogen) atoms.